The molecule has 0 fully saturated rings. The van der Waals surface area contributed by atoms with E-state index in [1.165, 1.54) is 6.92 Å². The SMILES string of the molecule is CC(=O)Nc1ccc(S(=O)Nc2ccc(N)c(NC(=O)C(C)(C)C)c2)cc1. The van der Waals surface area contributed by atoms with Gasteiger partial charge in [0.2, 0.25) is 11.8 Å². The third-order valence-electron chi connectivity index (χ3n) is 3.58. The number of hydrogen-bond donors (Lipinski definition) is 4. The second-order valence-corrected chi connectivity index (χ2v) is 8.30. The van der Waals surface area contributed by atoms with E-state index in [0.29, 0.717) is 27.6 Å². The molecule has 8 heteroatoms. The fourth-order valence-corrected chi connectivity index (χ4v) is 2.91. The van der Waals surface area contributed by atoms with E-state index in [1.807, 2.05) is 0 Å². The van der Waals surface area contributed by atoms with Gasteiger partial charge in [0.25, 0.3) is 0 Å². The number of nitrogens with two attached hydrogens (primary N) is 1. The Labute approximate surface area is 161 Å². The lowest BCUT2D eigenvalue weighted by atomic mass is 9.95. The van der Waals surface area contributed by atoms with Crippen molar-refractivity contribution >= 4 is 45.5 Å². The molecule has 0 aliphatic heterocycles. The molecule has 0 spiro atoms. The van der Waals surface area contributed by atoms with Gasteiger partial charge in [-0.15, -0.1) is 0 Å². The van der Waals surface area contributed by atoms with E-state index >= 15 is 0 Å². The van der Waals surface area contributed by atoms with Crippen LogP contribution in [0.25, 0.3) is 0 Å². The Balaban J connectivity index is 2.12. The molecule has 1 unspecified atom stereocenters. The van der Waals surface area contributed by atoms with Crippen LogP contribution >= 0.6 is 0 Å². The summed E-state index contributed by atoms with van der Waals surface area (Å²) in [5, 5.41) is 5.44. The Bertz CT molecular complexity index is 874. The maximum absolute atomic E-state index is 12.5. The molecule has 5 N–H and O–H groups in total. The zero-order valence-electron chi connectivity index (χ0n) is 15.8. The largest absolute Gasteiger partial charge is 0.397 e. The maximum Gasteiger partial charge on any atom is 0.229 e. The first-order chi connectivity index (χ1) is 12.6. The number of anilines is 4. The van der Waals surface area contributed by atoms with Crippen LogP contribution in [-0.4, -0.2) is 16.0 Å². The highest BCUT2D eigenvalue weighted by molar-refractivity contribution is 7.86. The number of carbonyl (C=O) groups excluding carboxylic acids is 2. The lowest BCUT2D eigenvalue weighted by Crippen LogP contribution is -2.28. The zero-order chi connectivity index (χ0) is 20.2. The number of benzene rings is 2. The third kappa shape index (κ3) is 5.82. The van der Waals surface area contributed by atoms with Gasteiger partial charge < -0.3 is 21.1 Å². The Hall–Kier alpha value is -2.87. The molecule has 0 radical (unpaired) electrons. The topological polar surface area (TPSA) is 113 Å². The second-order valence-electron chi connectivity index (χ2n) is 7.08. The van der Waals surface area contributed by atoms with Crippen LogP contribution < -0.4 is 21.1 Å². The molecule has 0 saturated heterocycles. The highest BCUT2D eigenvalue weighted by Gasteiger charge is 2.22. The molecule has 2 amide bonds. The molecule has 0 heterocycles. The van der Waals surface area contributed by atoms with Gasteiger partial charge >= 0.3 is 0 Å². The average molecular weight is 388 g/mol. The number of amides is 2. The fourth-order valence-electron chi connectivity index (χ4n) is 2.07. The number of carbonyl (C=O) groups is 2. The van der Waals surface area contributed by atoms with Crippen molar-refractivity contribution in [3.05, 3.63) is 42.5 Å². The minimum atomic E-state index is -1.52. The summed E-state index contributed by atoms with van der Waals surface area (Å²) in [7, 11) is -1.52. The molecule has 1 atom stereocenters. The Morgan fingerprint density at radius 1 is 0.963 bits per heavy atom. The second kappa shape index (κ2) is 8.22. The molecule has 144 valence electrons. The monoisotopic (exact) mass is 388 g/mol. The van der Waals surface area contributed by atoms with Crippen LogP contribution in [0.5, 0.6) is 0 Å². The van der Waals surface area contributed by atoms with Gasteiger partial charge in [-0.1, -0.05) is 20.8 Å². The summed E-state index contributed by atoms with van der Waals surface area (Å²) < 4.78 is 15.4. The molecular formula is C19H24N4O3S. The molecule has 27 heavy (non-hydrogen) atoms. The van der Waals surface area contributed by atoms with E-state index in [9.17, 15) is 13.8 Å². The van der Waals surface area contributed by atoms with E-state index in [0.717, 1.165) is 0 Å². The predicted octanol–water partition coefficient (Wildman–Crippen LogP) is 3.35. The molecule has 2 rings (SSSR count). The maximum atomic E-state index is 12.5. The predicted molar refractivity (Wildman–Crippen MR) is 110 cm³/mol. The van der Waals surface area contributed by atoms with Crippen molar-refractivity contribution in [2.24, 2.45) is 5.41 Å². The zero-order valence-corrected chi connectivity index (χ0v) is 16.6. The Morgan fingerprint density at radius 3 is 2.11 bits per heavy atom. The lowest BCUT2D eigenvalue weighted by molar-refractivity contribution is -0.123. The van der Waals surface area contributed by atoms with Crippen molar-refractivity contribution in [1.29, 1.82) is 0 Å². The quantitative estimate of drug-likeness (QED) is 0.588. The number of hydrogen-bond acceptors (Lipinski definition) is 4. The van der Waals surface area contributed by atoms with Crippen molar-refractivity contribution in [2.45, 2.75) is 32.6 Å². The Morgan fingerprint density at radius 2 is 1.56 bits per heavy atom. The number of rotatable bonds is 5. The van der Waals surface area contributed by atoms with Gasteiger partial charge in [0.1, 0.15) is 11.0 Å². The first kappa shape index (κ1) is 20.4. The van der Waals surface area contributed by atoms with Crippen molar-refractivity contribution in [3.8, 4) is 0 Å². The molecular weight excluding hydrogens is 364 g/mol. The van der Waals surface area contributed by atoms with Gasteiger partial charge in [-0.25, -0.2) is 4.21 Å². The minimum absolute atomic E-state index is 0.166. The Kier molecular flexibility index (Phi) is 6.22. The van der Waals surface area contributed by atoms with Crippen LogP contribution in [0.15, 0.2) is 47.4 Å². The van der Waals surface area contributed by atoms with Crippen LogP contribution in [0.4, 0.5) is 22.7 Å². The number of nitrogens with one attached hydrogen (secondary N) is 3. The molecule has 0 aliphatic carbocycles. The molecule has 2 aromatic rings. The lowest BCUT2D eigenvalue weighted by Gasteiger charge is -2.19. The normalized spacial score (nSPS) is 12.1. The van der Waals surface area contributed by atoms with Gasteiger partial charge in [0, 0.05) is 23.7 Å². The van der Waals surface area contributed by atoms with Gasteiger partial charge in [-0.05, 0) is 42.5 Å². The van der Waals surface area contributed by atoms with E-state index in [2.05, 4.69) is 15.4 Å². The molecule has 0 saturated carbocycles. The molecule has 0 aliphatic rings. The highest BCUT2D eigenvalue weighted by atomic mass is 32.2. The van der Waals surface area contributed by atoms with Crippen molar-refractivity contribution in [1.82, 2.24) is 0 Å². The van der Waals surface area contributed by atoms with Gasteiger partial charge in [0.05, 0.1) is 16.3 Å². The van der Waals surface area contributed by atoms with Gasteiger partial charge in [-0.2, -0.15) is 0 Å². The van der Waals surface area contributed by atoms with Crippen LogP contribution in [0.3, 0.4) is 0 Å². The molecule has 0 bridgehead atoms. The summed E-state index contributed by atoms with van der Waals surface area (Å²) in [4.78, 5) is 23.8. The van der Waals surface area contributed by atoms with Crippen LogP contribution in [0.2, 0.25) is 0 Å². The van der Waals surface area contributed by atoms with Crippen LogP contribution in [0, 0.1) is 5.41 Å². The first-order valence-corrected chi connectivity index (χ1v) is 9.48. The molecule has 0 aromatic heterocycles. The summed E-state index contributed by atoms with van der Waals surface area (Å²) in [6.07, 6.45) is 0. The van der Waals surface area contributed by atoms with E-state index in [4.69, 9.17) is 5.73 Å². The van der Waals surface area contributed by atoms with Gasteiger partial charge in [0.15, 0.2) is 0 Å². The highest BCUT2D eigenvalue weighted by Crippen LogP contribution is 2.26. The van der Waals surface area contributed by atoms with Crippen molar-refractivity contribution in [3.63, 3.8) is 0 Å². The summed E-state index contributed by atoms with van der Waals surface area (Å²) in [6.45, 7) is 6.84. The minimum Gasteiger partial charge on any atom is -0.397 e. The van der Waals surface area contributed by atoms with E-state index in [1.54, 1.807) is 63.2 Å². The van der Waals surface area contributed by atoms with Gasteiger partial charge in [-0.3, -0.25) is 9.59 Å². The smallest absolute Gasteiger partial charge is 0.229 e. The van der Waals surface area contributed by atoms with Crippen molar-refractivity contribution in [2.75, 3.05) is 21.1 Å². The number of nitrogen functional groups attached to an aromatic ring is 1. The fraction of sp³-hybridized carbons (Fsp3) is 0.263. The van der Waals surface area contributed by atoms with E-state index in [-0.39, 0.29) is 11.8 Å². The molecule has 7 nitrogen and oxygen atoms in total. The summed E-state index contributed by atoms with van der Waals surface area (Å²) >= 11 is 0. The summed E-state index contributed by atoms with van der Waals surface area (Å²) in [6, 6.07) is 11.6. The summed E-state index contributed by atoms with van der Waals surface area (Å²) in [5.74, 6) is -0.338. The molecule has 2 aromatic carbocycles. The van der Waals surface area contributed by atoms with Crippen molar-refractivity contribution < 1.29 is 13.8 Å². The average Bonchev–Trinajstić information content (AvgIpc) is 2.57. The standard InChI is InChI=1S/C19H24N4O3S/c1-12(24)21-13-5-8-15(9-6-13)27(26)23-14-7-10-16(20)17(11-14)22-18(25)19(2,3)4/h5-11,23H,20H2,1-4H3,(H,21,24)(H,22,25). The third-order valence-corrected chi connectivity index (χ3v) is 4.70. The van der Waals surface area contributed by atoms with Crippen LogP contribution in [-0.2, 0) is 20.6 Å². The first-order valence-electron chi connectivity index (χ1n) is 8.33. The van der Waals surface area contributed by atoms with Crippen LogP contribution in [0.1, 0.15) is 27.7 Å². The van der Waals surface area contributed by atoms with E-state index < -0.39 is 16.4 Å². The summed E-state index contributed by atoms with van der Waals surface area (Å²) in [5.41, 5.74) is 7.42.